The van der Waals surface area contributed by atoms with Gasteiger partial charge >= 0.3 is 0 Å². The Balaban J connectivity index is 1.89. The van der Waals surface area contributed by atoms with Crippen molar-refractivity contribution in [2.45, 2.75) is 39.0 Å². The fraction of sp³-hybridized carbons (Fsp3) is 0.308. The minimum atomic E-state index is -0.581. The van der Waals surface area contributed by atoms with E-state index in [4.69, 9.17) is 50.3 Å². The van der Waals surface area contributed by atoms with Gasteiger partial charge in [0.1, 0.15) is 5.56 Å². The van der Waals surface area contributed by atoms with Crippen LogP contribution in [0.3, 0.4) is 0 Å². The van der Waals surface area contributed by atoms with Crippen molar-refractivity contribution in [2.24, 2.45) is 11.7 Å². The second kappa shape index (κ2) is 10.3. The summed E-state index contributed by atoms with van der Waals surface area (Å²) in [5.41, 5.74) is 9.64. The molecule has 7 heteroatoms. The summed E-state index contributed by atoms with van der Waals surface area (Å²) >= 11 is 18.8. The number of carbonyl (C=O) groups is 1. The molecule has 1 saturated carbocycles. The summed E-state index contributed by atoms with van der Waals surface area (Å²) in [4.78, 5) is 17.3. The van der Waals surface area contributed by atoms with Gasteiger partial charge in [0.2, 0.25) is 5.88 Å². The van der Waals surface area contributed by atoms with Gasteiger partial charge in [-0.25, -0.2) is 4.98 Å². The third-order valence-electron chi connectivity index (χ3n) is 6.16. The Hall–Kier alpha value is -2.27. The summed E-state index contributed by atoms with van der Waals surface area (Å²) in [5.74, 6) is 0.104. The molecule has 3 aromatic rings. The molecule has 0 spiro atoms. The molecule has 2 aromatic carbocycles. The van der Waals surface area contributed by atoms with Gasteiger partial charge in [0.25, 0.3) is 5.91 Å². The van der Waals surface area contributed by atoms with Gasteiger partial charge in [-0.05, 0) is 67.1 Å². The minimum absolute atomic E-state index is 0.240. The minimum Gasteiger partial charge on any atom is -0.477 e. The summed E-state index contributed by atoms with van der Waals surface area (Å²) in [7, 11) is 0. The lowest BCUT2D eigenvalue weighted by Crippen LogP contribution is -2.20. The maximum Gasteiger partial charge on any atom is 0.254 e. The van der Waals surface area contributed by atoms with Crippen LogP contribution in [0.1, 0.15) is 48.0 Å². The molecule has 1 aliphatic carbocycles. The summed E-state index contributed by atoms with van der Waals surface area (Å²) in [6.07, 6.45) is 5.89. The normalized spacial score (nSPS) is 14.3. The number of hydrogen-bond donors (Lipinski definition) is 1. The van der Waals surface area contributed by atoms with E-state index in [9.17, 15) is 4.79 Å². The van der Waals surface area contributed by atoms with E-state index in [0.717, 1.165) is 24.0 Å². The van der Waals surface area contributed by atoms with Gasteiger partial charge in [0.05, 0.1) is 17.3 Å². The molecule has 1 fully saturated rings. The highest BCUT2D eigenvalue weighted by Gasteiger charge is 2.25. The molecule has 2 N–H and O–H groups in total. The van der Waals surface area contributed by atoms with Crippen LogP contribution in [-0.4, -0.2) is 17.5 Å². The first kappa shape index (κ1) is 23.9. The zero-order valence-corrected chi connectivity index (χ0v) is 20.6. The van der Waals surface area contributed by atoms with Gasteiger partial charge in [0, 0.05) is 21.2 Å². The molecule has 0 radical (unpaired) electrons. The van der Waals surface area contributed by atoms with Crippen LogP contribution in [0.5, 0.6) is 5.88 Å². The molecule has 0 saturated heterocycles. The molecule has 1 aromatic heterocycles. The van der Waals surface area contributed by atoms with Crippen molar-refractivity contribution in [3.63, 3.8) is 0 Å². The van der Waals surface area contributed by atoms with Gasteiger partial charge in [0.15, 0.2) is 0 Å². The van der Waals surface area contributed by atoms with Crippen molar-refractivity contribution >= 4 is 40.7 Å². The summed E-state index contributed by atoms with van der Waals surface area (Å²) in [6, 6.07) is 12.6. The number of halogens is 3. The number of nitrogens with two attached hydrogens (primary N) is 1. The van der Waals surface area contributed by atoms with E-state index in [-0.39, 0.29) is 11.4 Å². The number of ether oxygens (including phenoxy) is 1. The van der Waals surface area contributed by atoms with Crippen LogP contribution in [0.25, 0.3) is 22.4 Å². The Morgan fingerprint density at radius 3 is 2.33 bits per heavy atom. The predicted octanol–water partition coefficient (Wildman–Crippen LogP) is 7.74. The lowest BCUT2D eigenvalue weighted by Gasteiger charge is -2.23. The maximum absolute atomic E-state index is 12.5. The Morgan fingerprint density at radius 2 is 1.70 bits per heavy atom. The second-order valence-corrected chi connectivity index (χ2v) is 9.73. The van der Waals surface area contributed by atoms with Gasteiger partial charge in [-0.1, -0.05) is 66.2 Å². The molecular weight excluding hydrogens is 479 g/mol. The topological polar surface area (TPSA) is 65.2 Å². The highest BCUT2D eigenvalue weighted by Crippen LogP contribution is 2.41. The van der Waals surface area contributed by atoms with E-state index in [1.807, 2.05) is 25.1 Å². The third kappa shape index (κ3) is 5.29. The van der Waals surface area contributed by atoms with Gasteiger partial charge in [-0.2, -0.15) is 0 Å². The van der Waals surface area contributed by atoms with Crippen LogP contribution in [0.2, 0.25) is 15.1 Å². The monoisotopic (exact) mass is 502 g/mol. The number of hydrogen-bond acceptors (Lipinski definition) is 3. The van der Waals surface area contributed by atoms with Crippen molar-refractivity contribution < 1.29 is 9.53 Å². The maximum atomic E-state index is 12.5. The number of aromatic nitrogens is 1. The molecular formula is C26H25Cl3N2O2. The van der Waals surface area contributed by atoms with Gasteiger partial charge in [-0.15, -0.1) is 0 Å². The highest BCUT2D eigenvalue weighted by atomic mass is 35.5. The lowest BCUT2D eigenvalue weighted by atomic mass is 9.90. The van der Waals surface area contributed by atoms with E-state index in [1.54, 1.807) is 24.3 Å². The SMILES string of the molecule is Cc1c(C(N)=O)c(OCC2CCCCC2)nc(-c2ccc(Cl)cc2Cl)c1-c1ccc(Cl)cc1. The van der Waals surface area contributed by atoms with Crippen LogP contribution in [0.4, 0.5) is 0 Å². The molecule has 1 aliphatic rings. The van der Waals surface area contributed by atoms with E-state index >= 15 is 0 Å². The summed E-state index contributed by atoms with van der Waals surface area (Å²) < 4.78 is 6.15. The Labute approximate surface area is 209 Å². The van der Waals surface area contributed by atoms with E-state index in [2.05, 4.69) is 0 Å². The number of amides is 1. The first-order valence-corrected chi connectivity index (χ1v) is 12.2. The Bertz CT molecular complexity index is 1170. The molecule has 33 heavy (non-hydrogen) atoms. The number of primary amides is 1. The molecule has 4 rings (SSSR count). The van der Waals surface area contributed by atoms with Crippen LogP contribution in [0, 0.1) is 12.8 Å². The predicted molar refractivity (Wildman–Crippen MR) is 135 cm³/mol. The van der Waals surface area contributed by atoms with Crippen LogP contribution in [0.15, 0.2) is 42.5 Å². The van der Waals surface area contributed by atoms with E-state index in [1.165, 1.54) is 19.3 Å². The van der Waals surface area contributed by atoms with Crippen LogP contribution in [-0.2, 0) is 0 Å². The zero-order valence-electron chi connectivity index (χ0n) is 18.3. The summed E-state index contributed by atoms with van der Waals surface area (Å²) in [6.45, 7) is 2.35. The first-order valence-electron chi connectivity index (χ1n) is 11.0. The smallest absolute Gasteiger partial charge is 0.254 e. The van der Waals surface area contributed by atoms with Crippen molar-refractivity contribution in [3.8, 4) is 28.3 Å². The summed E-state index contributed by atoms with van der Waals surface area (Å²) in [5, 5.41) is 1.59. The zero-order chi connectivity index (χ0) is 23.5. The van der Waals surface area contributed by atoms with Crippen molar-refractivity contribution in [1.82, 2.24) is 4.98 Å². The fourth-order valence-corrected chi connectivity index (χ4v) is 5.09. The largest absolute Gasteiger partial charge is 0.477 e. The number of rotatable bonds is 6. The number of benzene rings is 2. The molecule has 4 nitrogen and oxygen atoms in total. The first-order chi connectivity index (χ1) is 15.8. The Kier molecular flexibility index (Phi) is 7.48. The molecule has 1 amide bonds. The molecule has 172 valence electrons. The number of pyridine rings is 1. The van der Waals surface area contributed by atoms with Crippen molar-refractivity contribution in [2.75, 3.05) is 6.61 Å². The Morgan fingerprint density at radius 1 is 1.03 bits per heavy atom. The van der Waals surface area contributed by atoms with Crippen LogP contribution >= 0.6 is 34.8 Å². The van der Waals surface area contributed by atoms with Crippen LogP contribution < -0.4 is 10.5 Å². The van der Waals surface area contributed by atoms with Gasteiger partial charge in [-0.3, -0.25) is 4.79 Å². The molecule has 0 aliphatic heterocycles. The van der Waals surface area contributed by atoms with Gasteiger partial charge < -0.3 is 10.5 Å². The molecule has 1 heterocycles. The fourth-order valence-electron chi connectivity index (χ4n) is 4.47. The average molecular weight is 504 g/mol. The lowest BCUT2D eigenvalue weighted by molar-refractivity contribution is 0.0992. The second-order valence-electron chi connectivity index (χ2n) is 8.45. The van der Waals surface area contributed by atoms with Crippen molar-refractivity contribution in [3.05, 3.63) is 68.7 Å². The number of carbonyl (C=O) groups excluding carboxylic acids is 1. The van der Waals surface area contributed by atoms with E-state index in [0.29, 0.717) is 44.4 Å². The van der Waals surface area contributed by atoms with E-state index < -0.39 is 5.91 Å². The molecule has 0 atom stereocenters. The molecule has 0 unspecified atom stereocenters. The standard InChI is InChI=1S/C26H25Cl3N2O2/c1-15-22(17-7-9-18(27)10-8-17)24(20-12-11-19(28)13-21(20)29)31-26(23(15)25(30)32)33-14-16-5-3-2-4-6-16/h7-13,16H,2-6,14H2,1H3,(H2,30,32). The van der Waals surface area contributed by atoms with Crippen molar-refractivity contribution in [1.29, 1.82) is 0 Å². The highest BCUT2D eigenvalue weighted by molar-refractivity contribution is 6.36. The number of nitrogens with zero attached hydrogens (tertiary/aromatic N) is 1. The molecule has 0 bridgehead atoms. The third-order valence-corrected chi connectivity index (χ3v) is 6.96. The quantitative estimate of drug-likeness (QED) is 0.374. The average Bonchev–Trinajstić information content (AvgIpc) is 2.78.